The van der Waals surface area contributed by atoms with Gasteiger partial charge in [-0.3, -0.25) is 9.78 Å². The Hall–Kier alpha value is -4.34. The van der Waals surface area contributed by atoms with E-state index in [1.54, 1.807) is 30.3 Å². The summed E-state index contributed by atoms with van der Waals surface area (Å²) in [6.07, 6.45) is -0.510. The number of halogens is 5. The van der Waals surface area contributed by atoms with Gasteiger partial charge in [0.1, 0.15) is 23.2 Å². The van der Waals surface area contributed by atoms with E-state index in [0.29, 0.717) is 41.0 Å². The molecule has 0 aliphatic heterocycles. The fourth-order valence-electron chi connectivity index (χ4n) is 6.90. The second-order valence-electron chi connectivity index (χ2n) is 11.9. The number of nitrogens with zero attached hydrogens (tertiary/aromatic N) is 1. The van der Waals surface area contributed by atoms with Gasteiger partial charge in [-0.15, -0.1) is 0 Å². The Bertz CT molecular complexity index is 1800. The SMILES string of the molecule is CCc1nc(-c2ccc(C[C@H](NC(=O)c3c(F)cccc3F)C(=O)O)c3c2C2CC2CCCC3)c(C(F)(F)F)c2ccccc12. The Morgan fingerprint density at radius 2 is 1.71 bits per heavy atom. The van der Waals surface area contributed by atoms with Gasteiger partial charge in [0.25, 0.3) is 5.91 Å². The van der Waals surface area contributed by atoms with E-state index in [1.165, 1.54) is 6.07 Å². The van der Waals surface area contributed by atoms with Crippen molar-refractivity contribution >= 4 is 22.6 Å². The average Bonchev–Trinajstić information content (AvgIpc) is 3.74. The van der Waals surface area contributed by atoms with Crippen LogP contribution in [-0.4, -0.2) is 28.0 Å². The number of benzene rings is 3. The van der Waals surface area contributed by atoms with Crippen LogP contribution in [0.4, 0.5) is 22.0 Å². The highest BCUT2D eigenvalue weighted by atomic mass is 19.4. The fourth-order valence-corrected chi connectivity index (χ4v) is 6.90. The number of pyridine rings is 1. The van der Waals surface area contributed by atoms with Crippen LogP contribution in [0.25, 0.3) is 22.0 Å². The van der Waals surface area contributed by atoms with Crippen molar-refractivity contribution in [1.82, 2.24) is 10.3 Å². The standard InChI is InChI=1S/C35H31F5N2O3/c1-2-27-21-10-5-6-11-22(21)31(35(38,39)40)32(41-27)23-15-14-19(20-9-4-3-8-18-16-24(18)29(20)23)17-28(34(44)45)42-33(43)30-25(36)12-7-13-26(30)37/h5-7,10-15,18,24,28H,2-4,8-9,16-17H2,1H3,(H,42,43)(H,44,45)/t18?,24?,28-/m0/s1. The van der Waals surface area contributed by atoms with Crippen LogP contribution in [0.5, 0.6) is 0 Å². The number of carbonyl (C=O) groups is 2. The minimum Gasteiger partial charge on any atom is -0.480 e. The largest absolute Gasteiger partial charge is 0.480 e. The third kappa shape index (κ3) is 5.78. The van der Waals surface area contributed by atoms with E-state index in [0.717, 1.165) is 55.0 Å². The Balaban J connectivity index is 1.49. The van der Waals surface area contributed by atoms with Crippen LogP contribution in [0.15, 0.2) is 54.6 Å². The smallest absolute Gasteiger partial charge is 0.419 e. The molecule has 1 saturated carbocycles. The summed E-state index contributed by atoms with van der Waals surface area (Å²) in [5.41, 5.74) is 1.20. The van der Waals surface area contributed by atoms with Crippen LogP contribution in [0, 0.1) is 17.6 Å². The van der Waals surface area contributed by atoms with Crippen molar-refractivity contribution in [2.75, 3.05) is 0 Å². The van der Waals surface area contributed by atoms with E-state index in [-0.39, 0.29) is 23.4 Å². The maximum Gasteiger partial charge on any atom is 0.419 e. The number of hydrogen-bond donors (Lipinski definition) is 2. The summed E-state index contributed by atoms with van der Waals surface area (Å²) in [7, 11) is 0. The molecule has 1 amide bonds. The minimum atomic E-state index is -4.69. The van der Waals surface area contributed by atoms with Crippen LogP contribution >= 0.6 is 0 Å². The number of nitrogens with one attached hydrogen (secondary N) is 1. The molecule has 6 rings (SSSR count). The summed E-state index contributed by atoms with van der Waals surface area (Å²) in [5, 5.41) is 12.8. The highest BCUT2D eigenvalue weighted by Crippen LogP contribution is 2.56. The topological polar surface area (TPSA) is 79.3 Å². The third-order valence-corrected chi connectivity index (χ3v) is 9.08. The molecule has 0 spiro atoms. The van der Waals surface area contributed by atoms with Crippen LogP contribution in [-0.2, 0) is 30.2 Å². The maximum absolute atomic E-state index is 14.8. The van der Waals surface area contributed by atoms with Crippen molar-refractivity contribution in [2.45, 2.75) is 70.0 Å². The number of amides is 1. The van der Waals surface area contributed by atoms with Gasteiger partial charge in [-0.1, -0.05) is 55.8 Å². The first-order valence-electron chi connectivity index (χ1n) is 15.1. The predicted molar refractivity (Wildman–Crippen MR) is 159 cm³/mol. The van der Waals surface area contributed by atoms with Gasteiger partial charge in [0, 0.05) is 23.1 Å². The molecule has 3 aromatic carbocycles. The molecule has 234 valence electrons. The van der Waals surface area contributed by atoms with Gasteiger partial charge in [-0.25, -0.2) is 13.6 Å². The van der Waals surface area contributed by atoms with Crippen molar-refractivity contribution in [3.8, 4) is 11.3 Å². The number of aryl methyl sites for hydroxylation is 1. The highest BCUT2D eigenvalue weighted by Gasteiger charge is 2.44. The molecule has 1 fully saturated rings. The number of carboxylic acid groups (broad SMARTS) is 1. The number of alkyl halides is 3. The highest BCUT2D eigenvalue weighted by molar-refractivity contribution is 5.97. The molecule has 2 N–H and O–H groups in total. The van der Waals surface area contributed by atoms with Gasteiger partial charge in [0.05, 0.1) is 11.3 Å². The zero-order valence-electron chi connectivity index (χ0n) is 24.5. The number of rotatable bonds is 7. The minimum absolute atomic E-state index is 0.0000557. The molecule has 1 aromatic heterocycles. The Morgan fingerprint density at radius 3 is 2.38 bits per heavy atom. The Labute approximate surface area is 256 Å². The molecule has 2 aliphatic rings. The zero-order valence-corrected chi connectivity index (χ0v) is 24.5. The summed E-state index contributed by atoms with van der Waals surface area (Å²) in [6, 6.07) is 11.0. The van der Waals surface area contributed by atoms with Crippen molar-refractivity contribution in [3.05, 3.63) is 99.7 Å². The lowest BCUT2D eigenvalue weighted by Gasteiger charge is -2.25. The van der Waals surface area contributed by atoms with E-state index in [2.05, 4.69) is 10.3 Å². The first kappa shape index (κ1) is 30.7. The second kappa shape index (κ2) is 11.9. The first-order valence-corrected chi connectivity index (χ1v) is 15.1. The quantitative estimate of drug-likeness (QED) is 0.205. The number of carbonyl (C=O) groups excluding carboxylic acids is 1. The summed E-state index contributed by atoms with van der Waals surface area (Å²) in [5.74, 6) is -4.56. The van der Waals surface area contributed by atoms with Gasteiger partial charge in [-0.05, 0) is 78.1 Å². The monoisotopic (exact) mass is 622 g/mol. The number of aliphatic carboxylic acids is 1. The molecule has 0 bridgehead atoms. The molecule has 5 nitrogen and oxygen atoms in total. The van der Waals surface area contributed by atoms with Gasteiger partial charge in [-0.2, -0.15) is 13.2 Å². The van der Waals surface area contributed by atoms with E-state index < -0.39 is 46.9 Å². The third-order valence-electron chi connectivity index (χ3n) is 9.08. The lowest BCUT2D eigenvalue weighted by Crippen LogP contribution is -2.43. The molecule has 10 heteroatoms. The van der Waals surface area contributed by atoms with Crippen LogP contribution in [0.3, 0.4) is 0 Å². The molecule has 3 atom stereocenters. The van der Waals surface area contributed by atoms with E-state index in [4.69, 9.17) is 0 Å². The number of aromatic nitrogens is 1. The normalized spacial score (nSPS) is 18.4. The second-order valence-corrected chi connectivity index (χ2v) is 11.9. The predicted octanol–water partition coefficient (Wildman–Crippen LogP) is 8.02. The molecule has 1 heterocycles. The Morgan fingerprint density at radius 1 is 1.00 bits per heavy atom. The molecular formula is C35H31F5N2O3. The van der Waals surface area contributed by atoms with Gasteiger partial charge in [0.15, 0.2) is 0 Å². The molecule has 45 heavy (non-hydrogen) atoms. The van der Waals surface area contributed by atoms with Crippen molar-refractivity contribution < 1.29 is 36.6 Å². The summed E-state index contributed by atoms with van der Waals surface area (Å²) < 4.78 is 73.1. The molecule has 2 aliphatic carbocycles. The van der Waals surface area contributed by atoms with Crippen LogP contribution < -0.4 is 5.32 Å². The maximum atomic E-state index is 14.8. The van der Waals surface area contributed by atoms with E-state index >= 15 is 0 Å². The molecule has 0 radical (unpaired) electrons. The van der Waals surface area contributed by atoms with Crippen LogP contribution in [0.2, 0.25) is 0 Å². The lowest BCUT2D eigenvalue weighted by atomic mass is 9.82. The van der Waals surface area contributed by atoms with Gasteiger partial charge >= 0.3 is 12.1 Å². The van der Waals surface area contributed by atoms with Gasteiger partial charge < -0.3 is 10.4 Å². The summed E-state index contributed by atoms with van der Waals surface area (Å²) >= 11 is 0. The van der Waals surface area contributed by atoms with Gasteiger partial charge in [0.2, 0.25) is 0 Å². The summed E-state index contributed by atoms with van der Waals surface area (Å²) in [4.78, 5) is 29.8. The first-order chi connectivity index (χ1) is 21.5. The lowest BCUT2D eigenvalue weighted by molar-refractivity contribution is -0.139. The van der Waals surface area contributed by atoms with Crippen molar-refractivity contribution in [1.29, 1.82) is 0 Å². The molecule has 0 saturated heterocycles. The van der Waals surface area contributed by atoms with E-state index in [1.807, 2.05) is 6.92 Å². The number of fused-ring (bicyclic) bond motifs is 4. The van der Waals surface area contributed by atoms with E-state index in [9.17, 15) is 36.6 Å². The molecule has 2 unspecified atom stereocenters. The molecule has 4 aromatic rings. The molecular weight excluding hydrogens is 591 g/mol. The number of carboxylic acids is 1. The number of hydrogen-bond acceptors (Lipinski definition) is 3. The Kier molecular flexibility index (Phi) is 8.09. The van der Waals surface area contributed by atoms with Crippen LogP contribution in [0.1, 0.15) is 76.8 Å². The average molecular weight is 623 g/mol. The van der Waals surface area contributed by atoms with Crippen molar-refractivity contribution in [2.24, 2.45) is 5.92 Å². The van der Waals surface area contributed by atoms with Crippen molar-refractivity contribution in [3.63, 3.8) is 0 Å². The zero-order chi connectivity index (χ0) is 32.0. The fraction of sp³-hybridized carbons (Fsp3) is 0.343. The summed E-state index contributed by atoms with van der Waals surface area (Å²) in [6.45, 7) is 1.85.